The number of rotatable bonds is 4. The van der Waals surface area contributed by atoms with Crippen LogP contribution in [0.25, 0.3) is 10.9 Å². The van der Waals surface area contributed by atoms with Crippen molar-refractivity contribution in [1.29, 1.82) is 0 Å². The number of carboxylic acids is 1. The molecule has 1 aromatic carbocycles. The van der Waals surface area contributed by atoms with Gasteiger partial charge in [-0.05, 0) is 24.6 Å². The first-order valence-corrected chi connectivity index (χ1v) is 6.03. The largest absolute Gasteiger partial charge is 0.497 e. The Morgan fingerprint density at radius 1 is 1.42 bits per heavy atom. The standard InChI is InChI=1S/C14H15NO4/c1-3-6-15-8-11(14(17)18)13(16)10-7-9(19-2)4-5-12(10)15/h4-5,7-8H,3,6H2,1-2H3,(H,17,18). The summed E-state index contributed by atoms with van der Waals surface area (Å²) in [7, 11) is 1.51. The maximum absolute atomic E-state index is 12.1. The normalized spacial score (nSPS) is 10.6. The van der Waals surface area contributed by atoms with Crippen LogP contribution in [0, 0.1) is 0 Å². The van der Waals surface area contributed by atoms with Gasteiger partial charge in [0.15, 0.2) is 0 Å². The van der Waals surface area contributed by atoms with Crippen LogP contribution >= 0.6 is 0 Å². The van der Waals surface area contributed by atoms with Gasteiger partial charge < -0.3 is 14.4 Å². The van der Waals surface area contributed by atoms with Crippen LogP contribution in [-0.4, -0.2) is 22.8 Å². The predicted molar refractivity (Wildman–Crippen MR) is 72.0 cm³/mol. The Morgan fingerprint density at radius 3 is 2.74 bits per heavy atom. The molecule has 1 N–H and O–H groups in total. The molecule has 2 aromatic rings. The molecule has 0 spiro atoms. The number of carboxylic acid groups (broad SMARTS) is 1. The van der Waals surface area contributed by atoms with E-state index in [4.69, 9.17) is 9.84 Å². The van der Waals surface area contributed by atoms with Crippen molar-refractivity contribution >= 4 is 16.9 Å². The molecule has 0 aliphatic rings. The van der Waals surface area contributed by atoms with Gasteiger partial charge in [0.2, 0.25) is 5.43 Å². The summed E-state index contributed by atoms with van der Waals surface area (Å²) >= 11 is 0. The third-order valence-corrected chi connectivity index (χ3v) is 2.98. The minimum atomic E-state index is -1.21. The van der Waals surface area contributed by atoms with Crippen molar-refractivity contribution < 1.29 is 14.6 Å². The number of ether oxygens (including phenoxy) is 1. The summed E-state index contributed by atoms with van der Waals surface area (Å²) in [5.74, 6) is -0.672. The topological polar surface area (TPSA) is 68.5 Å². The Labute approximate surface area is 110 Å². The predicted octanol–water partition coefficient (Wildman–Crippen LogP) is 2.12. The summed E-state index contributed by atoms with van der Waals surface area (Å²) in [6, 6.07) is 5.11. The van der Waals surface area contributed by atoms with E-state index in [1.54, 1.807) is 22.8 Å². The van der Waals surface area contributed by atoms with E-state index in [1.807, 2.05) is 6.92 Å². The Kier molecular flexibility index (Phi) is 3.55. The second-order valence-electron chi connectivity index (χ2n) is 4.25. The van der Waals surface area contributed by atoms with E-state index in [0.29, 0.717) is 17.7 Å². The number of benzene rings is 1. The van der Waals surface area contributed by atoms with Crippen molar-refractivity contribution in [3.8, 4) is 5.75 Å². The first kappa shape index (κ1) is 13.1. The van der Waals surface area contributed by atoms with E-state index in [9.17, 15) is 9.59 Å². The van der Waals surface area contributed by atoms with Gasteiger partial charge in [-0.3, -0.25) is 4.79 Å². The number of fused-ring (bicyclic) bond motifs is 1. The molecule has 5 heteroatoms. The fourth-order valence-corrected chi connectivity index (χ4v) is 2.08. The molecule has 5 nitrogen and oxygen atoms in total. The average molecular weight is 261 g/mol. The maximum Gasteiger partial charge on any atom is 0.341 e. The molecule has 0 unspecified atom stereocenters. The van der Waals surface area contributed by atoms with Gasteiger partial charge in [0.1, 0.15) is 11.3 Å². The zero-order chi connectivity index (χ0) is 14.0. The molecule has 0 aliphatic carbocycles. The molecular weight excluding hydrogens is 246 g/mol. The number of nitrogens with zero attached hydrogens (tertiary/aromatic N) is 1. The van der Waals surface area contributed by atoms with Crippen molar-refractivity contribution in [3.05, 3.63) is 40.2 Å². The Hall–Kier alpha value is -2.30. The van der Waals surface area contributed by atoms with Crippen molar-refractivity contribution in [2.75, 3.05) is 7.11 Å². The number of hydrogen-bond donors (Lipinski definition) is 1. The summed E-state index contributed by atoms with van der Waals surface area (Å²) in [5, 5.41) is 9.47. The number of methoxy groups -OCH3 is 1. The van der Waals surface area contributed by atoms with E-state index in [1.165, 1.54) is 13.3 Å². The number of carbonyl (C=O) groups is 1. The second-order valence-corrected chi connectivity index (χ2v) is 4.25. The van der Waals surface area contributed by atoms with Gasteiger partial charge in [-0.15, -0.1) is 0 Å². The highest BCUT2D eigenvalue weighted by Gasteiger charge is 2.14. The quantitative estimate of drug-likeness (QED) is 0.915. The number of pyridine rings is 1. The molecule has 0 aliphatic heterocycles. The van der Waals surface area contributed by atoms with E-state index in [0.717, 1.165) is 11.9 Å². The molecule has 1 aromatic heterocycles. The molecular formula is C14H15NO4. The van der Waals surface area contributed by atoms with Crippen LogP contribution in [0.4, 0.5) is 0 Å². The number of hydrogen-bond acceptors (Lipinski definition) is 3. The minimum Gasteiger partial charge on any atom is -0.497 e. The zero-order valence-corrected chi connectivity index (χ0v) is 10.8. The van der Waals surface area contributed by atoms with Gasteiger partial charge in [0.05, 0.1) is 18.0 Å². The summed E-state index contributed by atoms with van der Waals surface area (Å²) < 4.78 is 6.87. The van der Waals surface area contributed by atoms with Crippen molar-refractivity contribution in [2.24, 2.45) is 0 Å². The van der Waals surface area contributed by atoms with Gasteiger partial charge in [0, 0.05) is 12.7 Å². The lowest BCUT2D eigenvalue weighted by Crippen LogP contribution is -2.19. The van der Waals surface area contributed by atoms with Crippen LogP contribution < -0.4 is 10.2 Å². The number of aryl methyl sites for hydroxylation is 1. The van der Waals surface area contributed by atoms with Crippen LogP contribution in [0.3, 0.4) is 0 Å². The molecule has 0 saturated carbocycles. The van der Waals surface area contributed by atoms with Gasteiger partial charge in [-0.1, -0.05) is 6.92 Å². The monoisotopic (exact) mass is 261 g/mol. The van der Waals surface area contributed by atoms with Gasteiger partial charge >= 0.3 is 5.97 Å². The SMILES string of the molecule is CCCn1cc(C(=O)O)c(=O)c2cc(OC)ccc21. The highest BCUT2D eigenvalue weighted by atomic mass is 16.5. The molecule has 100 valence electrons. The van der Waals surface area contributed by atoms with Gasteiger partial charge in [-0.25, -0.2) is 4.79 Å². The van der Waals surface area contributed by atoms with Crippen LogP contribution in [-0.2, 0) is 6.54 Å². The van der Waals surface area contributed by atoms with Gasteiger partial charge in [0.25, 0.3) is 0 Å². The van der Waals surface area contributed by atoms with Crippen molar-refractivity contribution in [3.63, 3.8) is 0 Å². The highest BCUT2D eigenvalue weighted by Crippen LogP contribution is 2.19. The molecule has 2 rings (SSSR count). The fourth-order valence-electron chi connectivity index (χ4n) is 2.08. The average Bonchev–Trinajstić information content (AvgIpc) is 2.41. The molecule has 0 fully saturated rings. The fraction of sp³-hybridized carbons (Fsp3) is 0.286. The summed E-state index contributed by atoms with van der Waals surface area (Å²) in [4.78, 5) is 23.3. The molecule has 0 amide bonds. The Balaban J connectivity index is 2.84. The third-order valence-electron chi connectivity index (χ3n) is 2.98. The van der Waals surface area contributed by atoms with E-state index >= 15 is 0 Å². The number of aromatic carboxylic acids is 1. The second kappa shape index (κ2) is 5.14. The summed E-state index contributed by atoms with van der Waals surface area (Å²) in [5.41, 5.74) is 0.0283. The Morgan fingerprint density at radius 2 is 2.16 bits per heavy atom. The van der Waals surface area contributed by atoms with Crippen LogP contribution in [0.1, 0.15) is 23.7 Å². The van der Waals surface area contributed by atoms with Crippen LogP contribution in [0.5, 0.6) is 5.75 Å². The maximum atomic E-state index is 12.1. The van der Waals surface area contributed by atoms with E-state index < -0.39 is 11.4 Å². The zero-order valence-electron chi connectivity index (χ0n) is 10.8. The highest BCUT2D eigenvalue weighted by molar-refractivity contribution is 5.92. The molecule has 19 heavy (non-hydrogen) atoms. The van der Waals surface area contributed by atoms with E-state index in [2.05, 4.69) is 0 Å². The summed E-state index contributed by atoms with van der Waals surface area (Å²) in [6.45, 7) is 2.65. The number of aromatic nitrogens is 1. The lowest BCUT2D eigenvalue weighted by molar-refractivity contribution is 0.0695. The molecule has 0 bridgehead atoms. The van der Waals surface area contributed by atoms with E-state index in [-0.39, 0.29) is 5.56 Å². The van der Waals surface area contributed by atoms with Crippen molar-refractivity contribution in [2.45, 2.75) is 19.9 Å². The first-order valence-electron chi connectivity index (χ1n) is 6.03. The lowest BCUT2D eigenvalue weighted by Gasteiger charge is -2.12. The molecule has 1 heterocycles. The third kappa shape index (κ3) is 2.31. The molecule has 0 saturated heterocycles. The molecule has 0 radical (unpaired) electrons. The van der Waals surface area contributed by atoms with Crippen LogP contribution in [0.15, 0.2) is 29.2 Å². The van der Waals surface area contributed by atoms with Gasteiger partial charge in [-0.2, -0.15) is 0 Å². The van der Waals surface area contributed by atoms with Crippen LogP contribution in [0.2, 0.25) is 0 Å². The minimum absolute atomic E-state index is 0.214. The van der Waals surface area contributed by atoms with Crippen molar-refractivity contribution in [1.82, 2.24) is 4.57 Å². The first-order chi connectivity index (χ1) is 9.08. The summed E-state index contributed by atoms with van der Waals surface area (Å²) in [6.07, 6.45) is 2.26. The Bertz CT molecular complexity index is 688. The lowest BCUT2D eigenvalue weighted by atomic mass is 10.1. The smallest absolute Gasteiger partial charge is 0.341 e. The molecule has 0 atom stereocenters.